The molecule has 2 atom stereocenters. The smallest absolute Gasteiger partial charge is 0.435 e. The first kappa shape index (κ1) is 30.9. The fourth-order valence-electron chi connectivity index (χ4n) is 6.17. The second-order valence-electron chi connectivity index (χ2n) is 11.0. The van der Waals surface area contributed by atoms with Crippen LogP contribution in [0.5, 0.6) is 5.75 Å². The summed E-state index contributed by atoms with van der Waals surface area (Å²) in [6, 6.07) is 3.71. The molecule has 230 valence electrons. The van der Waals surface area contributed by atoms with Crippen molar-refractivity contribution in [3.8, 4) is 5.75 Å². The zero-order chi connectivity index (χ0) is 30.9. The molecule has 2 aromatic carbocycles. The lowest BCUT2D eigenvalue weighted by molar-refractivity contribution is -0.348. The summed E-state index contributed by atoms with van der Waals surface area (Å²) in [7, 11) is -4.60. The Kier molecular flexibility index (Phi) is 7.35. The topological polar surface area (TPSA) is 63.7 Å². The minimum atomic E-state index is -6.39. The van der Waals surface area contributed by atoms with E-state index in [0.29, 0.717) is 30.4 Å². The van der Waals surface area contributed by atoms with Crippen molar-refractivity contribution < 1.29 is 53.1 Å². The van der Waals surface area contributed by atoms with Gasteiger partial charge >= 0.3 is 18.0 Å². The molecule has 0 radical (unpaired) electrons. The van der Waals surface area contributed by atoms with Crippen molar-refractivity contribution in [1.29, 1.82) is 0 Å². The molecule has 3 aliphatic rings. The van der Waals surface area contributed by atoms with Crippen LogP contribution < -0.4 is 4.74 Å². The Hall–Kier alpha value is -2.55. The molecule has 0 aromatic heterocycles. The predicted molar refractivity (Wildman–Crippen MR) is 137 cm³/mol. The number of nitrogens with zero attached hydrogens (tertiary/aromatic N) is 1. The van der Waals surface area contributed by atoms with Crippen molar-refractivity contribution in [3.63, 3.8) is 0 Å². The number of ether oxygens (including phenoxy) is 1. The summed E-state index contributed by atoms with van der Waals surface area (Å²) in [4.78, 5) is 14.9. The van der Waals surface area contributed by atoms with E-state index in [1.807, 2.05) is 0 Å². The van der Waals surface area contributed by atoms with Crippen LogP contribution in [0.4, 0.5) is 35.1 Å². The number of alkyl halides is 7. The average Bonchev–Trinajstić information content (AvgIpc) is 3.33. The highest BCUT2D eigenvalue weighted by Crippen LogP contribution is 2.57. The van der Waals surface area contributed by atoms with E-state index in [9.17, 15) is 48.3 Å². The van der Waals surface area contributed by atoms with E-state index in [-0.39, 0.29) is 41.5 Å². The molecular weight excluding hydrogens is 618 g/mol. The monoisotopic (exact) mass is 643 g/mol. The van der Waals surface area contributed by atoms with Gasteiger partial charge in [0.2, 0.25) is 5.91 Å². The number of benzene rings is 2. The second kappa shape index (κ2) is 10.00. The molecule has 0 spiro atoms. The molecule has 1 amide bonds. The van der Waals surface area contributed by atoms with E-state index in [1.54, 1.807) is 18.7 Å². The standard InChI is InChI=1S/C27H25F8NO4S2/c1-23(9-12-41-13-10-23)22(37)36-11-8-24(42(38,39)18-5-3-17(28)4-6-18)19-7-2-16(14-20(19)40-15-21(24)36)25(29,26(30,31)32)27(33,34)35/h2-7,14,21H,8-13,15H2,1H3. The maximum Gasteiger partial charge on any atom is 0.435 e. The molecule has 2 fully saturated rings. The van der Waals surface area contributed by atoms with Gasteiger partial charge in [-0.05, 0) is 61.1 Å². The van der Waals surface area contributed by atoms with Gasteiger partial charge in [-0.3, -0.25) is 4.79 Å². The van der Waals surface area contributed by atoms with Gasteiger partial charge in [-0.1, -0.05) is 19.1 Å². The van der Waals surface area contributed by atoms with Crippen LogP contribution in [0.1, 0.15) is 37.3 Å². The number of carbonyl (C=O) groups excluding carboxylic acids is 1. The highest BCUT2D eigenvalue weighted by Gasteiger charge is 2.74. The summed E-state index contributed by atoms with van der Waals surface area (Å²) in [5, 5.41) is 0. The lowest BCUT2D eigenvalue weighted by atomic mass is 9.81. The number of hydrogen-bond acceptors (Lipinski definition) is 5. The molecule has 0 aliphatic carbocycles. The van der Waals surface area contributed by atoms with E-state index < -0.39 is 67.8 Å². The summed E-state index contributed by atoms with van der Waals surface area (Å²) in [6.07, 6.45) is -12.0. The Bertz CT molecular complexity index is 1470. The van der Waals surface area contributed by atoms with Crippen LogP contribution in [-0.2, 0) is 25.0 Å². The molecule has 2 unspecified atom stereocenters. The number of thioether (sulfide) groups is 1. The van der Waals surface area contributed by atoms with Gasteiger partial charge in [0.05, 0.1) is 10.9 Å². The molecule has 2 saturated heterocycles. The number of carbonyl (C=O) groups is 1. The number of halogens is 8. The largest absolute Gasteiger partial charge is 0.491 e. The first-order chi connectivity index (χ1) is 19.4. The van der Waals surface area contributed by atoms with Gasteiger partial charge in [0.15, 0.2) is 9.84 Å². The number of rotatable bonds is 4. The second-order valence-corrected chi connectivity index (χ2v) is 14.4. The van der Waals surface area contributed by atoms with Crippen LogP contribution in [0, 0.1) is 11.2 Å². The maximum atomic E-state index is 14.9. The zero-order valence-electron chi connectivity index (χ0n) is 22.0. The van der Waals surface area contributed by atoms with Crippen molar-refractivity contribution in [1.82, 2.24) is 4.90 Å². The molecule has 0 N–H and O–H groups in total. The highest BCUT2D eigenvalue weighted by atomic mass is 32.2. The third-order valence-corrected chi connectivity index (χ3v) is 12.2. The number of fused-ring (bicyclic) bond motifs is 3. The van der Waals surface area contributed by atoms with Gasteiger partial charge in [0, 0.05) is 23.1 Å². The first-order valence-corrected chi connectivity index (χ1v) is 15.5. The molecule has 3 heterocycles. The van der Waals surface area contributed by atoms with Gasteiger partial charge < -0.3 is 9.64 Å². The average molecular weight is 644 g/mol. The molecule has 3 aliphatic heterocycles. The molecule has 15 heteroatoms. The molecule has 0 saturated carbocycles. The zero-order valence-corrected chi connectivity index (χ0v) is 23.6. The van der Waals surface area contributed by atoms with Crippen LogP contribution in [0.2, 0.25) is 0 Å². The number of amides is 1. The first-order valence-electron chi connectivity index (χ1n) is 12.9. The summed E-state index contributed by atoms with van der Waals surface area (Å²) in [5.41, 5.74) is -8.72. The summed E-state index contributed by atoms with van der Waals surface area (Å²) >= 11 is 1.67. The molecular formula is C27H25F8NO4S2. The van der Waals surface area contributed by atoms with Gasteiger partial charge in [-0.2, -0.15) is 38.1 Å². The Morgan fingerprint density at radius 1 is 0.952 bits per heavy atom. The van der Waals surface area contributed by atoms with Gasteiger partial charge in [-0.15, -0.1) is 0 Å². The number of sulfone groups is 1. The summed E-state index contributed by atoms with van der Waals surface area (Å²) < 4.78 is 142. The van der Waals surface area contributed by atoms with Crippen molar-refractivity contribution in [2.24, 2.45) is 5.41 Å². The van der Waals surface area contributed by atoms with Gasteiger partial charge in [-0.25, -0.2) is 17.2 Å². The lowest BCUT2D eigenvalue weighted by Crippen LogP contribution is -2.57. The number of hydrogen-bond donors (Lipinski definition) is 0. The molecule has 0 bridgehead atoms. The molecule has 42 heavy (non-hydrogen) atoms. The Labute approximate surface area is 240 Å². The van der Waals surface area contributed by atoms with Gasteiger partial charge in [0.1, 0.15) is 22.9 Å². The van der Waals surface area contributed by atoms with E-state index in [2.05, 4.69) is 0 Å². The Morgan fingerprint density at radius 2 is 1.55 bits per heavy atom. The minimum absolute atomic E-state index is 0.102. The molecule has 5 rings (SSSR count). The fourth-order valence-corrected chi connectivity index (χ4v) is 9.85. The van der Waals surface area contributed by atoms with E-state index >= 15 is 0 Å². The Balaban J connectivity index is 1.69. The van der Waals surface area contributed by atoms with Crippen LogP contribution in [0.25, 0.3) is 0 Å². The van der Waals surface area contributed by atoms with E-state index in [0.717, 1.165) is 24.3 Å². The normalized spacial score (nSPS) is 24.5. The van der Waals surface area contributed by atoms with E-state index in [1.165, 1.54) is 4.90 Å². The quantitative estimate of drug-likeness (QED) is 0.289. The van der Waals surface area contributed by atoms with Gasteiger partial charge in [0.25, 0.3) is 0 Å². The van der Waals surface area contributed by atoms with Crippen LogP contribution in [0.15, 0.2) is 47.4 Å². The van der Waals surface area contributed by atoms with Crippen molar-refractivity contribution in [2.75, 3.05) is 24.7 Å². The fraction of sp³-hybridized carbons (Fsp3) is 0.519. The van der Waals surface area contributed by atoms with Crippen molar-refractivity contribution in [2.45, 2.75) is 59.9 Å². The summed E-state index contributed by atoms with van der Waals surface area (Å²) in [5.74, 6) is -0.370. The predicted octanol–water partition coefficient (Wildman–Crippen LogP) is 6.31. The lowest BCUT2D eigenvalue weighted by Gasteiger charge is -2.44. The third kappa shape index (κ3) is 4.39. The molecule has 2 aromatic rings. The van der Waals surface area contributed by atoms with Crippen molar-refractivity contribution in [3.05, 3.63) is 59.4 Å². The van der Waals surface area contributed by atoms with E-state index in [4.69, 9.17) is 4.74 Å². The van der Waals surface area contributed by atoms with Crippen LogP contribution >= 0.6 is 11.8 Å². The Morgan fingerprint density at radius 3 is 2.12 bits per heavy atom. The van der Waals surface area contributed by atoms with Crippen LogP contribution in [0.3, 0.4) is 0 Å². The maximum absolute atomic E-state index is 14.9. The number of likely N-dealkylation sites (tertiary alicyclic amines) is 1. The minimum Gasteiger partial charge on any atom is -0.491 e. The third-order valence-electron chi connectivity index (χ3n) is 8.63. The van der Waals surface area contributed by atoms with Crippen molar-refractivity contribution >= 4 is 27.5 Å². The highest BCUT2D eigenvalue weighted by molar-refractivity contribution is 7.99. The van der Waals surface area contributed by atoms with Crippen LogP contribution in [-0.4, -0.2) is 62.3 Å². The SMILES string of the molecule is CC1(C(=O)N2CCC3(S(=O)(=O)c4ccc(F)cc4)c4ccc(C(F)(C(F)(F)F)C(F)(F)F)cc4OCC23)CCSCC1. The molecule has 5 nitrogen and oxygen atoms in total. The summed E-state index contributed by atoms with van der Waals surface area (Å²) in [6.45, 7) is 1.07.